The Morgan fingerprint density at radius 1 is 1.73 bits per heavy atom. The first-order valence-corrected chi connectivity index (χ1v) is 4.73. The minimum Gasteiger partial charge on any atom is -0.390 e. The quantitative estimate of drug-likeness (QED) is 0.459. The van der Waals surface area contributed by atoms with E-state index in [9.17, 15) is 8.42 Å². The maximum Gasteiger partial charge on any atom is 0.264 e. The van der Waals surface area contributed by atoms with E-state index in [-0.39, 0.29) is 13.0 Å². The first-order chi connectivity index (χ1) is 4.95. The average Bonchev–Trinajstić information content (AvgIpc) is 1.83. The van der Waals surface area contributed by atoms with Gasteiger partial charge in [0.05, 0.1) is 19.0 Å². The zero-order valence-corrected chi connectivity index (χ0v) is 6.97. The van der Waals surface area contributed by atoms with Gasteiger partial charge in [0, 0.05) is 6.42 Å². The summed E-state index contributed by atoms with van der Waals surface area (Å²) in [4.78, 5) is 0. The van der Waals surface area contributed by atoms with Crippen molar-refractivity contribution in [2.45, 2.75) is 12.5 Å². The minimum absolute atomic E-state index is 0.0928. The van der Waals surface area contributed by atoms with Gasteiger partial charge in [0.25, 0.3) is 10.1 Å². The largest absolute Gasteiger partial charge is 0.390 e. The molecule has 0 fully saturated rings. The molecule has 0 amide bonds. The molecule has 1 N–H and O–H groups in total. The summed E-state index contributed by atoms with van der Waals surface area (Å²) < 4.78 is 25.0. The molecule has 0 radical (unpaired) electrons. The lowest BCUT2D eigenvalue weighted by atomic mass is 10.3. The van der Waals surface area contributed by atoms with Crippen LogP contribution >= 0.6 is 0 Å². The first kappa shape index (κ1) is 10.4. The molecule has 0 aliphatic carbocycles. The fourth-order valence-corrected chi connectivity index (χ4v) is 0.801. The molecular weight excluding hydrogens is 168 g/mol. The second-order valence-electron chi connectivity index (χ2n) is 2.05. The molecule has 0 aromatic carbocycles. The Morgan fingerprint density at radius 3 is 2.64 bits per heavy atom. The van der Waals surface area contributed by atoms with Gasteiger partial charge in [0.15, 0.2) is 0 Å². The van der Waals surface area contributed by atoms with E-state index < -0.39 is 16.2 Å². The molecule has 1 atom stereocenters. The van der Waals surface area contributed by atoms with Crippen molar-refractivity contribution in [1.82, 2.24) is 0 Å². The summed E-state index contributed by atoms with van der Waals surface area (Å²) in [5.41, 5.74) is 0. The lowest BCUT2D eigenvalue weighted by Gasteiger charge is -2.04. The van der Waals surface area contributed by atoms with E-state index in [0.29, 0.717) is 0 Å². The predicted molar refractivity (Wildman–Crippen MR) is 40.3 cm³/mol. The van der Waals surface area contributed by atoms with Crippen molar-refractivity contribution in [3.8, 4) is 12.3 Å². The van der Waals surface area contributed by atoms with Crippen LogP contribution in [0.5, 0.6) is 0 Å². The second-order valence-corrected chi connectivity index (χ2v) is 3.69. The summed E-state index contributed by atoms with van der Waals surface area (Å²) in [5.74, 6) is 2.18. The third-order valence-corrected chi connectivity index (χ3v) is 1.39. The van der Waals surface area contributed by atoms with Gasteiger partial charge in [0.1, 0.15) is 0 Å². The SMILES string of the molecule is C#CC[C@H](O)COS(C)(=O)=O. The maximum absolute atomic E-state index is 10.4. The number of rotatable bonds is 4. The van der Waals surface area contributed by atoms with Gasteiger partial charge in [-0.25, -0.2) is 0 Å². The Kier molecular flexibility index (Phi) is 4.11. The van der Waals surface area contributed by atoms with Crippen LogP contribution in [0.15, 0.2) is 0 Å². The van der Waals surface area contributed by atoms with Crippen molar-refractivity contribution >= 4 is 10.1 Å². The molecular formula is C6H10O4S. The molecule has 0 aliphatic rings. The highest BCUT2D eigenvalue weighted by Gasteiger charge is 2.07. The van der Waals surface area contributed by atoms with Gasteiger partial charge in [0.2, 0.25) is 0 Å². The monoisotopic (exact) mass is 178 g/mol. The minimum atomic E-state index is -3.47. The van der Waals surface area contributed by atoms with Crippen molar-refractivity contribution in [3.05, 3.63) is 0 Å². The van der Waals surface area contributed by atoms with E-state index in [1.54, 1.807) is 0 Å². The van der Waals surface area contributed by atoms with Gasteiger partial charge >= 0.3 is 0 Å². The van der Waals surface area contributed by atoms with Crippen molar-refractivity contribution in [2.24, 2.45) is 0 Å². The normalized spacial score (nSPS) is 13.9. The number of aliphatic hydroxyl groups excluding tert-OH is 1. The van der Waals surface area contributed by atoms with Crippen LogP contribution in [0.2, 0.25) is 0 Å². The van der Waals surface area contributed by atoms with Crippen LogP contribution in [0.4, 0.5) is 0 Å². The van der Waals surface area contributed by atoms with E-state index in [2.05, 4.69) is 10.1 Å². The lowest BCUT2D eigenvalue weighted by Crippen LogP contribution is -2.17. The van der Waals surface area contributed by atoms with E-state index >= 15 is 0 Å². The van der Waals surface area contributed by atoms with Gasteiger partial charge in [-0.05, 0) is 0 Å². The summed E-state index contributed by atoms with van der Waals surface area (Å²) in [5, 5.41) is 8.88. The van der Waals surface area contributed by atoms with Gasteiger partial charge in [-0.2, -0.15) is 8.42 Å². The molecule has 64 valence electrons. The Hall–Kier alpha value is -0.570. The third kappa shape index (κ3) is 7.33. The lowest BCUT2D eigenvalue weighted by molar-refractivity contribution is 0.115. The number of terminal acetylenes is 1. The summed E-state index contributed by atoms with van der Waals surface area (Å²) >= 11 is 0. The van der Waals surface area contributed by atoms with Gasteiger partial charge in [-0.15, -0.1) is 12.3 Å². The molecule has 0 aromatic heterocycles. The molecule has 0 saturated carbocycles. The smallest absolute Gasteiger partial charge is 0.264 e. The molecule has 4 nitrogen and oxygen atoms in total. The highest BCUT2D eigenvalue weighted by molar-refractivity contribution is 7.85. The summed E-state index contributed by atoms with van der Waals surface area (Å²) in [6, 6.07) is 0. The van der Waals surface area contributed by atoms with E-state index in [1.807, 2.05) is 0 Å². The molecule has 5 heteroatoms. The van der Waals surface area contributed by atoms with E-state index in [4.69, 9.17) is 11.5 Å². The standard InChI is InChI=1S/C6H10O4S/c1-3-4-6(7)5-10-11(2,8)9/h1,6-7H,4-5H2,2H3/t6-/m0/s1. The van der Waals surface area contributed by atoms with Crippen LogP contribution in [0.25, 0.3) is 0 Å². The topological polar surface area (TPSA) is 63.6 Å². The zero-order chi connectivity index (χ0) is 8.91. The average molecular weight is 178 g/mol. The predicted octanol–water partition coefficient (Wildman–Crippen LogP) is -0.653. The fourth-order valence-electron chi connectivity index (χ4n) is 0.397. The molecule has 0 heterocycles. The van der Waals surface area contributed by atoms with Crippen molar-refractivity contribution in [2.75, 3.05) is 12.9 Å². The van der Waals surface area contributed by atoms with Crippen LogP contribution in [-0.4, -0.2) is 32.5 Å². The summed E-state index contributed by atoms with van der Waals surface area (Å²) in [7, 11) is -3.47. The number of aliphatic hydroxyl groups is 1. The Bertz CT molecular complexity index is 236. The summed E-state index contributed by atoms with van der Waals surface area (Å²) in [6.07, 6.45) is 4.95. The molecule has 0 spiro atoms. The molecule has 0 unspecified atom stereocenters. The van der Waals surface area contributed by atoms with E-state index in [0.717, 1.165) is 6.26 Å². The van der Waals surface area contributed by atoms with Crippen LogP contribution in [0.1, 0.15) is 6.42 Å². The van der Waals surface area contributed by atoms with Crippen molar-refractivity contribution in [3.63, 3.8) is 0 Å². The molecule has 0 aromatic rings. The number of hydrogen-bond acceptors (Lipinski definition) is 4. The Morgan fingerprint density at radius 2 is 2.27 bits per heavy atom. The van der Waals surface area contributed by atoms with E-state index in [1.165, 1.54) is 0 Å². The second kappa shape index (κ2) is 4.34. The van der Waals surface area contributed by atoms with Crippen LogP contribution in [-0.2, 0) is 14.3 Å². The Balaban J connectivity index is 3.65. The molecule has 0 rings (SSSR count). The molecule has 0 bridgehead atoms. The van der Waals surface area contributed by atoms with Crippen molar-refractivity contribution < 1.29 is 17.7 Å². The highest BCUT2D eigenvalue weighted by atomic mass is 32.2. The highest BCUT2D eigenvalue weighted by Crippen LogP contribution is 1.94. The van der Waals surface area contributed by atoms with Crippen LogP contribution < -0.4 is 0 Å². The summed E-state index contributed by atoms with van der Waals surface area (Å²) in [6.45, 7) is -0.275. The number of hydrogen-bond donors (Lipinski definition) is 1. The van der Waals surface area contributed by atoms with Crippen LogP contribution in [0, 0.1) is 12.3 Å². The molecule has 0 aliphatic heterocycles. The third-order valence-electron chi connectivity index (χ3n) is 0.828. The van der Waals surface area contributed by atoms with Gasteiger partial charge < -0.3 is 5.11 Å². The van der Waals surface area contributed by atoms with Gasteiger partial charge in [-0.3, -0.25) is 4.18 Å². The van der Waals surface area contributed by atoms with Crippen molar-refractivity contribution in [1.29, 1.82) is 0 Å². The Labute approximate surface area is 66.3 Å². The van der Waals surface area contributed by atoms with Gasteiger partial charge in [-0.1, -0.05) is 0 Å². The zero-order valence-electron chi connectivity index (χ0n) is 6.15. The fraction of sp³-hybridized carbons (Fsp3) is 0.667. The van der Waals surface area contributed by atoms with Crippen LogP contribution in [0.3, 0.4) is 0 Å². The first-order valence-electron chi connectivity index (χ1n) is 2.91. The maximum atomic E-state index is 10.4. The molecule has 11 heavy (non-hydrogen) atoms. The molecule has 0 saturated heterocycles.